The molecule has 5 nitrogen and oxygen atoms in total. The first-order valence-corrected chi connectivity index (χ1v) is 10.2. The zero-order valence-corrected chi connectivity index (χ0v) is 16.0. The number of amides is 1. The van der Waals surface area contributed by atoms with Crippen molar-refractivity contribution in [1.29, 1.82) is 0 Å². The van der Waals surface area contributed by atoms with Crippen LogP contribution in [0.15, 0.2) is 71.6 Å². The van der Waals surface area contributed by atoms with Crippen molar-refractivity contribution in [3.63, 3.8) is 0 Å². The number of sulfonamides is 1. The van der Waals surface area contributed by atoms with E-state index in [9.17, 15) is 17.6 Å². The Morgan fingerprint density at radius 2 is 1.79 bits per heavy atom. The van der Waals surface area contributed by atoms with E-state index in [4.69, 9.17) is 11.6 Å². The van der Waals surface area contributed by atoms with Crippen LogP contribution in [0, 0.1) is 5.82 Å². The molecule has 0 aliphatic carbocycles. The molecule has 142 valence electrons. The van der Waals surface area contributed by atoms with Gasteiger partial charge >= 0.3 is 0 Å². The highest BCUT2D eigenvalue weighted by atomic mass is 35.5. The summed E-state index contributed by atoms with van der Waals surface area (Å²) in [5.74, 6) is -1.03. The molecule has 3 aromatic rings. The van der Waals surface area contributed by atoms with Crippen LogP contribution in [0.5, 0.6) is 0 Å². The van der Waals surface area contributed by atoms with E-state index in [2.05, 4.69) is 5.32 Å². The summed E-state index contributed by atoms with van der Waals surface area (Å²) in [7, 11) is -3.98. The smallest absolute Gasteiger partial charge is 0.265 e. The summed E-state index contributed by atoms with van der Waals surface area (Å²) in [6, 6.07) is 16.7. The molecule has 1 amide bonds. The molecule has 0 bridgehead atoms. The van der Waals surface area contributed by atoms with Crippen LogP contribution in [0.4, 0.5) is 15.8 Å². The van der Waals surface area contributed by atoms with Crippen LogP contribution in [-0.2, 0) is 14.8 Å². The Labute approximate surface area is 166 Å². The van der Waals surface area contributed by atoms with Gasteiger partial charge in [0.25, 0.3) is 10.0 Å². The van der Waals surface area contributed by atoms with Gasteiger partial charge in [-0.25, -0.2) is 12.8 Å². The molecule has 1 aliphatic heterocycles. The monoisotopic (exact) mass is 416 g/mol. The predicted molar refractivity (Wildman–Crippen MR) is 106 cm³/mol. The van der Waals surface area contributed by atoms with E-state index < -0.39 is 28.3 Å². The van der Waals surface area contributed by atoms with Crippen molar-refractivity contribution in [3.8, 4) is 11.1 Å². The van der Waals surface area contributed by atoms with E-state index in [0.29, 0.717) is 21.8 Å². The minimum absolute atomic E-state index is 0.0312. The van der Waals surface area contributed by atoms with Gasteiger partial charge in [-0.05, 0) is 42.5 Å². The van der Waals surface area contributed by atoms with Crippen molar-refractivity contribution in [1.82, 2.24) is 0 Å². The predicted octanol–water partition coefficient (Wildman–Crippen LogP) is 4.29. The van der Waals surface area contributed by atoms with Crippen LogP contribution in [0.25, 0.3) is 11.1 Å². The second-order valence-corrected chi connectivity index (χ2v) is 8.50. The molecule has 0 unspecified atom stereocenters. The van der Waals surface area contributed by atoms with Crippen LogP contribution in [0.2, 0.25) is 5.02 Å². The molecule has 0 aromatic heterocycles. The Morgan fingerprint density at radius 1 is 1.00 bits per heavy atom. The summed E-state index contributed by atoms with van der Waals surface area (Å²) >= 11 is 5.91. The number of rotatable bonds is 3. The van der Waals surface area contributed by atoms with E-state index in [1.165, 1.54) is 24.3 Å². The number of carbonyl (C=O) groups excluding carboxylic acids is 1. The standard InChI is InChI=1S/C20H14ClFN2O3S/c21-13-4-3-5-15(10-13)23-20(25)12-24-18-9-8-14(22)11-17(18)16-6-1-2-7-19(16)28(24,26)27/h1-11H,12H2,(H,23,25). The average Bonchev–Trinajstić information content (AvgIpc) is 2.65. The quantitative estimate of drug-likeness (QED) is 0.692. The van der Waals surface area contributed by atoms with E-state index in [1.54, 1.807) is 42.5 Å². The van der Waals surface area contributed by atoms with Crippen LogP contribution < -0.4 is 9.62 Å². The Hall–Kier alpha value is -2.90. The minimum Gasteiger partial charge on any atom is -0.324 e. The zero-order valence-electron chi connectivity index (χ0n) is 14.4. The van der Waals surface area contributed by atoms with E-state index in [-0.39, 0.29) is 10.6 Å². The topological polar surface area (TPSA) is 66.5 Å². The van der Waals surface area contributed by atoms with Gasteiger partial charge in [-0.2, -0.15) is 0 Å². The number of anilines is 2. The van der Waals surface area contributed by atoms with Gasteiger partial charge in [0.15, 0.2) is 0 Å². The lowest BCUT2D eigenvalue weighted by atomic mass is 10.0. The van der Waals surface area contributed by atoms with Crippen LogP contribution in [0.3, 0.4) is 0 Å². The van der Waals surface area contributed by atoms with Gasteiger partial charge in [0.2, 0.25) is 5.91 Å². The van der Waals surface area contributed by atoms with Crippen molar-refractivity contribution >= 4 is 38.9 Å². The van der Waals surface area contributed by atoms with E-state index in [0.717, 1.165) is 4.31 Å². The van der Waals surface area contributed by atoms with Crippen LogP contribution in [0.1, 0.15) is 0 Å². The van der Waals surface area contributed by atoms with Gasteiger partial charge in [0.05, 0.1) is 10.6 Å². The summed E-state index contributed by atoms with van der Waals surface area (Å²) in [5, 5.41) is 3.07. The van der Waals surface area contributed by atoms with E-state index >= 15 is 0 Å². The minimum atomic E-state index is -3.98. The van der Waals surface area contributed by atoms with Crippen molar-refractivity contribution in [2.45, 2.75) is 4.90 Å². The summed E-state index contributed by atoms with van der Waals surface area (Å²) in [6.07, 6.45) is 0. The summed E-state index contributed by atoms with van der Waals surface area (Å²) in [5.41, 5.74) is 1.53. The third kappa shape index (κ3) is 3.23. The van der Waals surface area contributed by atoms with Crippen LogP contribution in [-0.4, -0.2) is 20.9 Å². The van der Waals surface area contributed by atoms with Crippen molar-refractivity contribution in [2.24, 2.45) is 0 Å². The van der Waals surface area contributed by atoms with E-state index in [1.807, 2.05) is 0 Å². The largest absolute Gasteiger partial charge is 0.324 e. The number of nitrogens with zero attached hydrogens (tertiary/aromatic N) is 1. The number of hydrogen-bond acceptors (Lipinski definition) is 3. The molecule has 28 heavy (non-hydrogen) atoms. The number of fused-ring (bicyclic) bond motifs is 3. The van der Waals surface area contributed by atoms with Gasteiger partial charge in [-0.1, -0.05) is 35.9 Å². The molecule has 3 aromatic carbocycles. The highest BCUT2D eigenvalue weighted by molar-refractivity contribution is 7.93. The molecule has 1 aliphatic rings. The number of hydrogen-bond donors (Lipinski definition) is 1. The van der Waals surface area contributed by atoms with Crippen LogP contribution >= 0.6 is 11.6 Å². The fraction of sp³-hybridized carbons (Fsp3) is 0.0500. The molecular formula is C20H14ClFN2O3S. The maximum Gasteiger partial charge on any atom is 0.265 e. The molecule has 0 fully saturated rings. The molecule has 1 N–H and O–H groups in total. The molecule has 1 heterocycles. The molecule has 0 spiro atoms. The first-order chi connectivity index (χ1) is 13.4. The molecule has 0 atom stereocenters. The highest BCUT2D eigenvalue weighted by Crippen LogP contribution is 2.43. The Morgan fingerprint density at radius 3 is 2.57 bits per heavy atom. The number of carbonyl (C=O) groups is 1. The molecule has 4 rings (SSSR count). The second-order valence-electron chi connectivity index (χ2n) is 6.23. The molecular weight excluding hydrogens is 403 g/mol. The Bertz CT molecular complexity index is 1200. The van der Waals surface area contributed by atoms with Gasteiger partial charge in [-0.3, -0.25) is 9.10 Å². The normalized spacial score (nSPS) is 14.1. The lowest BCUT2D eigenvalue weighted by molar-refractivity contribution is -0.114. The summed E-state index contributed by atoms with van der Waals surface area (Å²) in [6.45, 7) is -0.457. The first-order valence-electron chi connectivity index (χ1n) is 8.33. The lowest BCUT2D eigenvalue weighted by Crippen LogP contribution is -2.40. The van der Waals surface area contributed by atoms with Gasteiger partial charge < -0.3 is 5.32 Å². The second kappa shape index (κ2) is 6.92. The fourth-order valence-electron chi connectivity index (χ4n) is 3.17. The Kier molecular flexibility index (Phi) is 4.56. The van der Waals surface area contributed by atoms with Crippen molar-refractivity contribution < 1.29 is 17.6 Å². The third-order valence-electron chi connectivity index (χ3n) is 4.37. The zero-order chi connectivity index (χ0) is 19.9. The number of nitrogens with one attached hydrogen (secondary N) is 1. The maximum atomic E-state index is 13.8. The first kappa shape index (κ1) is 18.5. The van der Waals surface area contributed by atoms with Crippen molar-refractivity contribution in [2.75, 3.05) is 16.2 Å². The highest BCUT2D eigenvalue weighted by Gasteiger charge is 2.36. The molecule has 0 saturated carbocycles. The molecule has 0 radical (unpaired) electrons. The molecule has 8 heteroatoms. The maximum absolute atomic E-state index is 13.8. The number of benzene rings is 3. The SMILES string of the molecule is O=C(CN1c2ccc(F)cc2-c2ccccc2S1(=O)=O)Nc1cccc(Cl)c1. The van der Waals surface area contributed by atoms with Crippen molar-refractivity contribution in [3.05, 3.63) is 77.6 Å². The summed E-state index contributed by atoms with van der Waals surface area (Å²) < 4.78 is 41.1. The fourth-order valence-corrected chi connectivity index (χ4v) is 5.01. The Balaban J connectivity index is 1.74. The summed E-state index contributed by atoms with van der Waals surface area (Å²) in [4.78, 5) is 12.6. The van der Waals surface area contributed by atoms with Gasteiger partial charge in [0.1, 0.15) is 12.4 Å². The third-order valence-corrected chi connectivity index (χ3v) is 6.42. The average molecular weight is 417 g/mol. The lowest BCUT2D eigenvalue weighted by Gasteiger charge is -2.31. The molecule has 0 saturated heterocycles. The number of halogens is 2. The van der Waals surface area contributed by atoms with Gasteiger partial charge in [-0.15, -0.1) is 0 Å². The van der Waals surface area contributed by atoms with Gasteiger partial charge in [0, 0.05) is 21.8 Å².